The number of nitrogens with one attached hydrogen (secondary N) is 1. The van der Waals surface area contributed by atoms with Crippen molar-refractivity contribution in [1.82, 2.24) is 5.32 Å². The number of alkyl carbamates (subject to hydrolysis) is 1. The van der Waals surface area contributed by atoms with E-state index in [2.05, 4.69) is 10.1 Å². The van der Waals surface area contributed by atoms with E-state index in [1.807, 2.05) is 0 Å². The van der Waals surface area contributed by atoms with E-state index in [9.17, 15) is 18.4 Å². The zero-order valence-electron chi connectivity index (χ0n) is 10.8. The maximum absolute atomic E-state index is 13.2. The highest BCUT2D eigenvalue weighted by atomic mass is 19.3. The minimum Gasteiger partial charge on any atom is -0.463 e. The molecule has 1 rings (SSSR count). The van der Waals surface area contributed by atoms with Crippen molar-refractivity contribution in [3.8, 4) is 0 Å². The highest BCUT2D eigenvalue weighted by Gasteiger charge is 2.73. The fourth-order valence-corrected chi connectivity index (χ4v) is 1.39. The summed E-state index contributed by atoms with van der Waals surface area (Å²) in [6.45, 7) is 5.42. The van der Waals surface area contributed by atoms with Crippen LogP contribution in [0, 0.1) is 0 Å². The number of alkyl halides is 2. The normalized spacial score (nSPS) is 25.2. The molecule has 5 nitrogen and oxygen atoms in total. The zero-order chi connectivity index (χ0) is 14.2. The van der Waals surface area contributed by atoms with Crippen LogP contribution in [0.25, 0.3) is 0 Å². The van der Waals surface area contributed by atoms with Gasteiger partial charge in [0, 0.05) is 13.3 Å². The summed E-state index contributed by atoms with van der Waals surface area (Å²) in [5, 5.41) is 2.08. The summed E-state index contributed by atoms with van der Waals surface area (Å²) < 4.78 is 35.9. The molecule has 0 aromatic heterocycles. The maximum Gasteiger partial charge on any atom is 0.408 e. The molecule has 0 spiro atoms. The Kier molecular flexibility index (Phi) is 3.56. The van der Waals surface area contributed by atoms with Gasteiger partial charge in [0.1, 0.15) is 17.7 Å². The fraction of sp³-hybridized carbons (Fsp3) is 0.818. The maximum atomic E-state index is 13.2. The van der Waals surface area contributed by atoms with E-state index in [1.165, 1.54) is 0 Å². The van der Waals surface area contributed by atoms with E-state index < -0.39 is 42.2 Å². The third-order valence-electron chi connectivity index (χ3n) is 2.36. The second kappa shape index (κ2) is 4.37. The fourth-order valence-electron chi connectivity index (χ4n) is 1.39. The number of rotatable bonds is 3. The van der Waals surface area contributed by atoms with Gasteiger partial charge in [0.25, 0.3) is 5.92 Å². The number of carbonyl (C=O) groups is 2. The third kappa shape index (κ3) is 3.54. The molecular formula is C11H17F2NO4. The SMILES string of the molecule is CC(=O)OCC1(NC(=O)OC(C)(C)C)CC1(F)F. The first kappa shape index (κ1) is 14.7. The molecule has 18 heavy (non-hydrogen) atoms. The molecule has 1 amide bonds. The lowest BCUT2D eigenvalue weighted by Crippen LogP contribution is -2.47. The molecule has 1 N–H and O–H groups in total. The molecule has 0 aromatic rings. The summed E-state index contributed by atoms with van der Waals surface area (Å²) in [5.74, 6) is -3.76. The van der Waals surface area contributed by atoms with Gasteiger partial charge in [-0.05, 0) is 20.8 Å². The van der Waals surface area contributed by atoms with Crippen LogP contribution >= 0.6 is 0 Å². The van der Waals surface area contributed by atoms with E-state index >= 15 is 0 Å². The monoisotopic (exact) mass is 265 g/mol. The van der Waals surface area contributed by atoms with E-state index in [4.69, 9.17) is 4.74 Å². The van der Waals surface area contributed by atoms with Crippen molar-refractivity contribution in [1.29, 1.82) is 0 Å². The molecule has 0 saturated heterocycles. The Bertz CT molecular complexity index is 365. The van der Waals surface area contributed by atoms with Gasteiger partial charge < -0.3 is 14.8 Å². The Morgan fingerprint density at radius 2 is 1.83 bits per heavy atom. The quantitative estimate of drug-likeness (QED) is 0.791. The lowest BCUT2D eigenvalue weighted by Gasteiger charge is -2.23. The van der Waals surface area contributed by atoms with Gasteiger partial charge in [-0.2, -0.15) is 0 Å². The van der Waals surface area contributed by atoms with Crippen molar-refractivity contribution in [2.75, 3.05) is 6.61 Å². The minimum absolute atomic E-state index is 0.561. The summed E-state index contributed by atoms with van der Waals surface area (Å²) >= 11 is 0. The smallest absolute Gasteiger partial charge is 0.408 e. The molecule has 1 aliphatic rings. The Morgan fingerprint density at radius 3 is 2.17 bits per heavy atom. The van der Waals surface area contributed by atoms with Gasteiger partial charge in [-0.1, -0.05) is 0 Å². The molecule has 1 saturated carbocycles. The lowest BCUT2D eigenvalue weighted by molar-refractivity contribution is -0.143. The molecule has 1 fully saturated rings. The molecule has 1 unspecified atom stereocenters. The number of amides is 1. The summed E-state index contributed by atoms with van der Waals surface area (Å²) in [7, 11) is 0. The highest BCUT2D eigenvalue weighted by Crippen LogP contribution is 2.52. The zero-order valence-corrected chi connectivity index (χ0v) is 10.8. The summed E-state index contributed by atoms with van der Waals surface area (Å²) in [5.41, 5.74) is -2.61. The van der Waals surface area contributed by atoms with Gasteiger partial charge in [-0.3, -0.25) is 4.79 Å². The van der Waals surface area contributed by atoms with Gasteiger partial charge in [0.05, 0.1) is 0 Å². The Morgan fingerprint density at radius 1 is 1.33 bits per heavy atom. The van der Waals surface area contributed by atoms with Gasteiger partial charge >= 0.3 is 12.1 Å². The Hall–Kier alpha value is -1.40. The van der Waals surface area contributed by atoms with Crippen LogP contribution in [0.15, 0.2) is 0 Å². The largest absolute Gasteiger partial charge is 0.463 e. The molecule has 1 atom stereocenters. The lowest BCUT2D eigenvalue weighted by atomic mass is 10.2. The number of halogens is 2. The summed E-state index contributed by atoms with van der Waals surface area (Å²) in [4.78, 5) is 22.1. The van der Waals surface area contributed by atoms with Crippen LogP contribution in [-0.4, -0.2) is 35.7 Å². The van der Waals surface area contributed by atoms with Crippen LogP contribution < -0.4 is 5.32 Å². The number of esters is 1. The van der Waals surface area contributed by atoms with Crippen molar-refractivity contribution >= 4 is 12.1 Å². The average Bonchev–Trinajstić information content (AvgIpc) is 2.61. The first-order valence-electron chi connectivity index (χ1n) is 5.50. The van der Waals surface area contributed by atoms with Crippen LogP contribution in [0.5, 0.6) is 0 Å². The predicted octanol–water partition coefficient (Wildman–Crippen LogP) is 1.85. The van der Waals surface area contributed by atoms with Crippen molar-refractivity contribution in [2.24, 2.45) is 0 Å². The van der Waals surface area contributed by atoms with Crippen molar-refractivity contribution in [2.45, 2.75) is 51.2 Å². The molecule has 0 aromatic carbocycles. The van der Waals surface area contributed by atoms with Crippen molar-refractivity contribution in [3.63, 3.8) is 0 Å². The summed E-state index contributed by atoms with van der Waals surface area (Å²) in [6.07, 6.45) is -1.51. The molecule has 0 aliphatic heterocycles. The van der Waals surface area contributed by atoms with E-state index in [1.54, 1.807) is 20.8 Å². The molecule has 104 valence electrons. The molecule has 7 heteroatoms. The van der Waals surface area contributed by atoms with Crippen LogP contribution in [0.1, 0.15) is 34.1 Å². The second-order valence-electron chi connectivity index (χ2n) is 5.37. The molecule has 0 heterocycles. The van der Waals surface area contributed by atoms with E-state index in [0.717, 1.165) is 6.92 Å². The molecule has 0 bridgehead atoms. The summed E-state index contributed by atoms with van der Waals surface area (Å²) in [6, 6.07) is 0. The standard InChI is InChI=1S/C11H17F2NO4/c1-7(15)17-6-10(5-11(10,12)13)14-8(16)18-9(2,3)4/h5-6H2,1-4H3,(H,14,16). The molecule has 0 radical (unpaired) electrons. The number of hydrogen-bond acceptors (Lipinski definition) is 4. The van der Waals surface area contributed by atoms with Gasteiger partial charge in [0.15, 0.2) is 0 Å². The van der Waals surface area contributed by atoms with E-state index in [-0.39, 0.29) is 0 Å². The third-order valence-corrected chi connectivity index (χ3v) is 2.36. The van der Waals surface area contributed by atoms with Gasteiger partial charge in [-0.15, -0.1) is 0 Å². The number of carbonyl (C=O) groups excluding carboxylic acids is 2. The first-order valence-corrected chi connectivity index (χ1v) is 5.50. The van der Waals surface area contributed by atoms with E-state index in [0.29, 0.717) is 0 Å². The van der Waals surface area contributed by atoms with Gasteiger partial charge in [-0.25, -0.2) is 13.6 Å². The second-order valence-corrected chi connectivity index (χ2v) is 5.37. The Labute approximate surface area is 104 Å². The molecule has 1 aliphatic carbocycles. The number of hydrogen-bond donors (Lipinski definition) is 1. The van der Waals surface area contributed by atoms with Crippen LogP contribution in [0.3, 0.4) is 0 Å². The van der Waals surface area contributed by atoms with Crippen LogP contribution in [0.4, 0.5) is 13.6 Å². The van der Waals surface area contributed by atoms with Crippen LogP contribution in [-0.2, 0) is 14.3 Å². The van der Waals surface area contributed by atoms with Crippen molar-refractivity contribution < 1.29 is 27.8 Å². The van der Waals surface area contributed by atoms with Crippen molar-refractivity contribution in [3.05, 3.63) is 0 Å². The topological polar surface area (TPSA) is 64.6 Å². The minimum atomic E-state index is -3.08. The predicted molar refractivity (Wildman–Crippen MR) is 58.3 cm³/mol. The van der Waals surface area contributed by atoms with Gasteiger partial charge in [0.2, 0.25) is 0 Å². The highest BCUT2D eigenvalue weighted by molar-refractivity contribution is 5.70. The Balaban J connectivity index is 2.60. The molecular weight excluding hydrogens is 248 g/mol. The number of ether oxygens (including phenoxy) is 2. The van der Waals surface area contributed by atoms with Crippen LogP contribution in [0.2, 0.25) is 0 Å². The average molecular weight is 265 g/mol. The first-order chi connectivity index (χ1) is 7.97.